The molecule has 0 atom stereocenters. The summed E-state index contributed by atoms with van der Waals surface area (Å²) in [6, 6.07) is 8.33. The molecule has 0 spiro atoms. The van der Waals surface area contributed by atoms with E-state index in [1.165, 1.54) is 0 Å². The predicted molar refractivity (Wildman–Crippen MR) is 89.1 cm³/mol. The maximum atomic E-state index is 12.5. The maximum Gasteiger partial charge on any atom is 0.270 e. The molecule has 1 N–H and O–H groups in total. The number of aromatic amines is 1. The smallest absolute Gasteiger partial charge is 0.270 e. The van der Waals surface area contributed by atoms with Crippen LogP contribution in [0, 0.1) is 0 Å². The van der Waals surface area contributed by atoms with Gasteiger partial charge in [0.05, 0.1) is 0 Å². The molecule has 1 aliphatic rings. The van der Waals surface area contributed by atoms with E-state index in [2.05, 4.69) is 4.98 Å². The van der Waals surface area contributed by atoms with Gasteiger partial charge in [-0.2, -0.15) is 0 Å². The van der Waals surface area contributed by atoms with Gasteiger partial charge in [0.1, 0.15) is 5.69 Å². The monoisotopic (exact) mass is 351 g/mol. The van der Waals surface area contributed by atoms with Crippen LogP contribution in [0.25, 0.3) is 0 Å². The van der Waals surface area contributed by atoms with Crippen molar-refractivity contribution in [2.45, 2.75) is 0 Å². The number of H-pyrrole nitrogens is 1. The normalized spacial score (nSPS) is 14.9. The summed E-state index contributed by atoms with van der Waals surface area (Å²) in [5.41, 5.74) is 1.03. The van der Waals surface area contributed by atoms with Gasteiger partial charge in [0, 0.05) is 48.0 Å². The minimum atomic E-state index is -0.124. The van der Waals surface area contributed by atoms with E-state index >= 15 is 0 Å². The Morgan fingerprint density at radius 3 is 2.00 bits per heavy atom. The summed E-state index contributed by atoms with van der Waals surface area (Å²) in [6.07, 6.45) is 1.72. The van der Waals surface area contributed by atoms with Crippen molar-refractivity contribution in [1.29, 1.82) is 0 Å². The molecule has 0 aliphatic carbocycles. The Hall–Kier alpha value is -1.98. The molecule has 5 nitrogen and oxygen atoms in total. The van der Waals surface area contributed by atoms with Gasteiger partial charge in [-0.15, -0.1) is 0 Å². The van der Waals surface area contributed by atoms with Gasteiger partial charge < -0.3 is 14.8 Å². The van der Waals surface area contributed by atoms with E-state index in [9.17, 15) is 9.59 Å². The molecule has 2 aromatic rings. The zero-order valence-corrected chi connectivity index (χ0v) is 13.8. The van der Waals surface area contributed by atoms with Crippen LogP contribution in [-0.4, -0.2) is 52.8 Å². The van der Waals surface area contributed by atoms with Gasteiger partial charge in [0.25, 0.3) is 11.8 Å². The molecule has 3 rings (SSSR count). The fourth-order valence-electron chi connectivity index (χ4n) is 2.61. The van der Waals surface area contributed by atoms with E-state index in [0.717, 1.165) is 0 Å². The molecule has 0 saturated carbocycles. The second kappa shape index (κ2) is 6.64. The molecule has 7 heteroatoms. The highest BCUT2D eigenvalue weighted by molar-refractivity contribution is 6.35. The predicted octanol–water partition coefficient (Wildman–Crippen LogP) is 2.92. The van der Waals surface area contributed by atoms with Crippen LogP contribution in [0.2, 0.25) is 10.0 Å². The highest BCUT2D eigenvalue weighted by Crippen LogP contribution is 2.21. The number of nitrogens with one attached hydrogen (secondary N) is 1. The van der Waals surface area contributed by atoms with Crippen molar-refractivity contribution in [2.24, 2.45) is 0 Å². The lowest BCUT2D eigenvalue weighted by Gasteiger charge is -2.34. The van der Waals surface area contributed by atoms with Crippen molar-refractivity contribution in [3.8, 4) is 0 Å². The van der Waals surface area contributed by atoms with Crippen LogP contribution in [0.5, 0.6) is 0 Å². The Bertz CT molecular complexity index is 703. The second-order valence-corrected chi connectivity index (χ2v) is 6.20. The molecule has 1 saturated heterocycles. The van der Waals surface area contributed by atoms with E-state index in [-0.39, 0.29) is 11.8 Å². The molecular weight excluding hydrogens is 337 g/mol. The van der Waals surface area contributed by atoms with Crippen LogP contribution in [0.1, 0.15) is 20.8 Å². The van der Waals surface area contributed by atoms with Crippen LogP contribution >= 0.6 is 23.2 Å². The zero-order valence-electron chi connectivity index (χ0n) is 12.3. The molecule has 23 heavy (non-hydrogen) atoms. The summed E-state index contributed by atoms with van der Waals surface area (Å²) in [7, 11) is 0. The third kappa shape index (κ3) is 3.51. The molecule has 1 aromatic carbocycles. The van der Waals surface area contributed by atoms with E-state index < -0.39 is 0 Å². The summed E-state index contributed by atoms with van der Waals surface area (Å²) in [5.74, 6) is -0.172. The highest BCUT2D eigenvalue weighted by Gasteiger charge is 2.26. The number of carbonyl (C=O) groups is 2. The van der Waals surface area contributed by atoms with Crippen molar-refractivity contribution >= 4 is 35.0 Å². The number of halogens is 2. The fraction of sp³-hybridized carbons (Fsp3) is 0.250. The minimum Gasteiger partial charge on any atom is -0.357 e. The molecule has 0 radical (unpaired) electrons. The number of rotatable bonds is 2. The van der Waals surface area contributed by atoms with Crippen molar-refractivity contribution in [1.82, 2.24) is 14.8 Å². The largest absolute Gasteiger partial charge is 0.357 e. The third-order valence-electron chi connectivity index (χ3n) is 3.79. The van der Waals surface area contributed by atoms with E-state index in [1.807, 2.05) is 0 Å². The van der Waals surface area contributed by atoms with Gasteiger partial charge in [0.2, 0.25) is 0 Å². The van der Waals surface area contributed by atoms with E-state index in [0.29, 0.717) is 47.5 Å². The first kappa shape index (κ1) is 15.9. The molecular formula is C16H15Cl2N3O2. The average Bonchev–Trinajstić information content (AvgIpc) is 3.07. The Morgan fingerprint density at radius 1 is 0.913 bits per heavy atom. The number of nitrogens with zero attached hydrogens (tertiary/aromatic N) is 2. The number of hydrogen-bond donors (Lipinski definition) is 1. The first-order chi connectivity index (χ1) is 11.0. The lowest BCUT2D eigenvalue weighted by molar-refractivity contribution is 0.0532. The number of carbonyl (C=O) groups excluding carboxylic acids is 2. The van der Waals surface area contributed by atoms with Gasteiger partial charge in [-0.3, -0.25) is 9.59 Å². The van der Waals surface area contributed by atoms with Crippen molar-refractivity contribution in [3.63, 3.8) is 0 Å². The van der Waals surface area contributed by atoms with Crippen LogP contribution in [0.15, 0.2) is 36.5 Å². The van der Waals surface area contributed by atoms with Gasteiger partial charge in [-0.25, -0.2) is 0 Å². The van der Waals surface area contributed by atoms with Gasteiger partial charge in [-0.1, -0.05) is 23.2 Å². The average molecular weight is 352 g/mol. The molecule has 0 unspecified atom stereocenters. The Morgan fingerprint density at radius 2 is 1.48 bits per heavy atom. The van der Waals surface area contributed by atoms with Crippen LogP contribution in [0.3, 0.4) is 0 Å². The number of amides is 2. The minimum absolute atomic E-state index is 0.0482. The van der Waals surface area contributed by atoms with Gasteiger partial charge >= 0.3 is 0 Å². The second-order valence-electron chi connectivity index (χ2n) is 5.33. The Balaban J connectivity index is 1.64. The lowest BCUT2D eigenvalue weighted by Crippen LogP contribution is -2.50. The van der Waals surface area contributed by atoms with Gasteiger partial charge in [0.15, 0.2) is 0 Å². The molecule has 1 aliphatic heterocycles. The molecule has 2 heterocycles. The molecule has 120 valence electrons. The number of hydrogen-bond acceptors (Lipinski definition) is 2. The van der Waals surface area contributed by atoms with Crippen LogP contribution < -0.4 is 0 Å². The van der Waals surface area contributed by atoms with E-state index in [4.69, 9.17) is 23.2 Å². The fourth-order valence-corrected chi connectivity index (χ4v) is 3.13. The SMILES string of the molecule is O=C(c1cc(Cl)cc(Cl)c1)N1CCN(C(=O)c2ccc[nH]2)CC1. The maximum absolute atomic E-state index is 12.5. The molecule has 0 bridgehead atoms. The summed E-state index contributed by atoms with van der Waals surface area (Å²) < 4.78 is 0. The Labute approximate surface area is 143 Å². The summed E-state index contributed by atoms with van der Waals surface area (Å²) in [4.78, 5) is 31.1. The molecule has 1 aromatic heterocycles. The highest BCUT2D eigenvalue weighted by atomic mass is 35.5. The quantitative estimate of drug-likeness (QED) is 0.904. The van der Waals surface area contributed by atoms with Crippen LogP contribution in [0.4, 0.5) is 0 Å². The number of aromatic nitrogens is 1. The topological polar surface area (TPSA) is 56.4 Å². The molecule has 2 amide bonds. The standard InChI is InChI=1S/C16H15Cl2N3O2/c17-12-8-11(9-13(18)10-12)15(22)20-4-6-21(7-5-20)16(23)14-2-1-3-19-14/h1-3,8-10,19H,4-7H2. The first-order valence-corrected chi connectivity index (χ1v) is 7.98. The zero-order chi connectivity index (χ0) is 16.4. The number of piperazine rings is 1. The molecule has 1 fully saturated rings. The van der Waals surface area contributed by atoms with Crippen LogP contribution in [-0.2, 0) is 0 Å². The van der Waals surface area contributed by atoms with Crippen molar-refractivity contribution < 1.29 is 9.59 Å². The summed E-state index contributed by atoms with van der Waals surface area (Å²) in [5, 5.41) is 0.864. The summed E-state index contributed by atoms with van der Waals surface area (Å²) in [6.45, 7) is 1.96. The third-order valence-corrected chi connectivity index (χ3v) is 4.23. The first-order valence-electron chi connectivity index (χ1n) is 7.22. The lowest BCUT2D eigenvalue weighted by atomic mass is 10.1. The number of benzene rings is 1. The summed E-state index contributed by atoms with van der Waals surface area (Å²) >= 11 is 11.9. The van der Waals surface area contributed by atoms with Gasteiger partial charge in [-0.05, 0) is 30.3 Å². The van der Waals surface area contributed by atoms with Crippen molar-refractivity contribution in [2.75, 3.05) is 26.2 Å². The Kier molecular flexibility index (Phi) is 4.59. The van der Waals surface area contributed by atoms with Crippen molar-refractivity contribution in [3.05, 3.63) is 57.8 Å². The van der Waals surface area contributed by atoms with E-state index in [1.54, 1.807) is 46.3 Å².